The van der Waals surface area contributed by atoms with Gasteiger partial charge in [0, 0.05) is 25.2 Å². The van der Waals surface area contributed by atoms with E-state index in [1.54, 1.807) is 0 Å². The van der Waals surface area contributed by atoms with Gasteiger partial charge in [0.05, 0.1) is 6.04 Å². The van der Waals surface area contributed by atoms with Crippen LogP contribution in [0.3, 0.4) is 0 Å². The van der Waals surface area contributed by atoms with Crippen LogP contribution in [0, 0.1) is 0 Å². The molecule has 0 aromatic heterocycles. The summed E-state index contributed by atoms with van der Waals surface area (Å²) in [6.45, 7) is 5.31. The molecule has 2 aliphatic rings. The Morgan fingerprint density at radius 1 is 1.08 bits per heavy atom. The predicted octanol–water partition coefficient (Wildman–Crippen LogP) is 0.880. The smallest absolute Gasteiger partial charge is 0.251 e. The van der Waals surface area contributed by atoms with Crippen LogP contribution in [-0.4, -0.2) is 55.5 Å². The van der Waals surface area contributed by atoms with Crippen molar-refractivity contribution in [2.75, 3.05) is 32.7 Å². The molecule has 2 saturated heterocycles. The predicted molar refractivity (Wildman–Crippen MR) is 97.3 cm³/mol. The molecular formula is C19H28N4O2. The number of carbonyl (C=O) groups is 2. The quantitative estimate of drug-likeness (QED) is 0.687. The number of carbonyl (C=O) groups excluding carboxylic acids is 2. The monoisotopic (exact) mass is 344 g/mol. The maximum Gasteiger partial charge on any atom is 0.251 e. The number of amides is 2. The molecular weight excluding hydrogens is 316 g/mol. The molecule has 0 radical (unpaired) electrons. The molecule has 6 nitrogen and oxygen atoms in total. The van der Waals surface area contributed by atoms with Crippen molar-refractivity contribution in [1.82, 2.24) is 20.9 Å². The van der Waals surface area contributed by atoms with Gasteiger partial charge in [0.25, 0.3) is 5.91 Å². The van der Waals surface area contributed by atoms with Gasteiger partial charge in [0.15, 0.2) is 0 Å². The molecule has 25 heavy (non-hydrogen) atoms. The molecule has 2 fully saturated rings. The van der Waals surface area contributed by atoms with Crippen molar-refractivity contribution in [2.45, 2.75) is 38.3 Å². The molecule has 2 amide bonds. The third kappa shape index (κ3) is 5.28. The maximum atomic E-state index is 12.2. The van der Waals surface area contributed by atoms with Gasteiger partial charge in [-0.15, -0.1) is 0 Å². The molecule has 3 rings (SSSR count). The first-order valence-corrected chi connectivity index (χ1v) is 9.33. The fourth-order valence-electron chi connectivity index (χ4n) is 3.43. The minimum atomic E-state index is -0.0549. The van der Waals surface area contributed by atoms with Crippen molar-refractivity contribution in [3.63, 3.8) is 0 Å². The van der Waals surface area contributed by atoms with Crippen molar-refractivity contribution in [2.24, 2.45) is 0 Å². The molecule has 0 bridgehead atoms. The van der Waals surface area contributed by atoms with E-state index >= 15 is 0 Å². The average molecular weight is 344 g/mol. The number of hydrogen-bond donors (Lipinski definition) is 3. The Bertz CT molecular complexity index is 576. The van der Waals surface area contributed by atoms with E-state index in [1.807, 2.05) is 24.3 Å². The van der Waals surface area contributed by atoms with Crippen LogP contribution >= 0.6 is 0 Å². The van der Waals surface area contributed by atoms with E-state index in [2.05, 4.69) is 20.9 Å². The Kier molecular flexibility index (Phi) is 6.42. The van der Waals surface area contributed by atoms with E-state index < -0.39 is 0 Å². The van der Waals surface area contributed by atoms with Crippen molar-refractivity contribution >= 4 is 11.8 Å². The highest BCUT2D eigenvalue weighted by atomic mass is 16.2. The van der Waals surface area contributed by atoms with Gasteiger partial charge in [0.2, 0.25) is 5.91 Å². The first-order valence-electron chi connectivity index (χ1n) is 9.33. The largest absolute Gasteiger partial charge is 0.351 e. The summed E-state index contributed by atoms with van der Waals surface area (Å²) >= 11 is 0. The van der Waals surface area contributed by atoms with Crippen LogP contribution < -0.4 is 16.0 Å². The summed E-state index contributed by atoms with van der Waals surface area (Å²) in [6, 6.07) is 7.39. The zero-order valence-electron chi connectivity index (χ0n) is 14.7. The van der Waals surface area contributed by atoms with Crippen LogP contribution in [0.25, 0.3) is 0 Å². The van der Waals surface area contributed by atoms with Gasteiger partial charge in [-0.05, 0) is 63.0 Å². The van der Waals surface area contributed by atoms with Gasteiger partial charge in [-0.2, -0.15) is 0 Å². The molecule has 0 saturated carbocycles. The number of hydrogen-bond acceptors (Lipinski definition) is 4. The molecule has 1 aromatic rings. The summed E-state index contributed by atoms with van der Waals surface area (Å²) in [5.74, 6) is 0.0196. The lowest BCUT2D eigenvalue weighted by Crippen LogP contribution is -2.40. The molecule has 6 heteroatoms. The molecule has 136 valence electrons. The highest BCUT2D eigenvalue weighted by molar-refractivity contribution is 5.94. The molecule has 1 atom stereocenters. The van der Waals surface area contributed by atoms with E-state index in [4.69, 9.17) is 0 Å². The van der Waals surface area contributed by atoms with Gasteiger partial charge >= 0.3 is 0 Å². The molecule has 2 aliphatic heterocycles. The lowest BCUT2D eigenvalue weighted by Gasteiger charge is -2.14. The normalized spacial score (nSPS) is 20.6. The fourth-order valence-corrected chi connectivity index (χ4v) is 3.43. The third-order valence-corrected chi connectivity index (χ3v) is 4.97. The number of benzene rings is 1. The molecule has 1 aromatic carbocycles. The molecule has 0 spiro atoms. The Balaban J connectivity index is 1.39. The summed E-state index contributed by atoms with van der Waals surface area (Å²) in [7, 11) is 0. The summed E-state index contributed by atoms with van der Waals surface area (Å²) < 4.78 is 0. The second kappa shape index (κ2) is 8.97. The first-order chi connectivity index (χ1) is 12.2. The number of rotatable bonds is 7. The molecule has 2 heterocycles. The zero-order chi connectivity index (χ0) is 17.5. The van der Waals surface area contributed by atoms with Crippen molar-refractivity contribution < 1.29 is 9.59 Å². The average Bonchev–Trinajstić information content (AvgIpc) is 3.34. The lowest BCUT2D eigenvalue weighted by atomic mass is 10.1. The summed E-state index contributed by atoms with van der Waals surface area (Å²) in [5.41, 5.74) is 1.66. The molecule has 0 unspecified atom stereocenters. The van der Waals surface area contributed by atoms with E-state index in [0.717, 1.165) is 44.6 Å². The van der Waals surface area contributed by atoms with Crippen LogP contribution in [0.2, 0.25) is 0 Å². The Labute approximate surface area is 149 Å². The third-order valence-electron chi connectivity index (χ3n) is 4.97. The second-order valence-corrected chi connectivity index (χ2v) is 6.87. The van der Waals surface area contributed by atoms with Crippen molar-refractivity contribution in [3.8, 4) is 0 Å². The van der Waals surface area contributed by atoms with Crippen LogP contribution in [-0.2, 0) is 11.3 Å². The van der Waals surface area contributed by atoms with Crippen LogP contribution in [0.4, 0.5) is 0 Å². The van der Waals surface area contributed by atoms with Gasteiger partial charge in [0.1, 0.15) is 0 Å². The van der Waals surface area contributed by atoms with Crippen LogP contribution in [0.15, 0.2) is 24.3 Å². The van der Waals surface area contributed by atoms with Crippen LogP contribution in [0.5, 0.6) is 0 Å². The van der Waals surface area contributed by atoms with E-state index in [0.29, 0.717) is 18.7 Å². The highest BCUT2D eigenvalue weighted by Gasteiger charge is 2.21. The maximum absolute atomic E-state index is 12.2. The van der Waals surface area contributed by atoms with Gasteiger partial charge in [-0.3, -0.25) is 9.59 Å². The van der Waals surface area contributed by atoms with Gasteiger partial charge in [-0.25, -0.2) is 0 Å². The van der Waals surface area contributed by atoms with E-state index in [1.165, 1.54) is 12.8 Å². The molecule has 3 N–H and O–H groups in total. The Morgan fingerprint density at radius 3 is 2.52 bits per heavy atom. The fraction of sp³-hybridized carbons (Fsp3) is 0.579. The van der Waals surface area contributed by atoms with Crippen molar-refractivity contribution in [1.29, 1.82) is 0 Å². The van der Waals surface area contributed by atoms with Crippen LogP contribution in [0.1, 0.15) is 41.6 Å². The highest BCUT2D eigenvalue weighted by Crippen LogP contribution is 2.08. The summed E-state index contributed by atoms with van der Waals surface area (Å²) in [4.78, 5) is 26.5. The minimum absolute atomic E-state index is 0.0371. The van der Waals surface area contributed by atoms with Crippen molar-refractivity contribution in [3.05, 3.63) is 35.4 Å². The molecule has 0 aliphatic carbocycles. The number of likely N-dealkylation sites (tertiary alicyclic amines) is 1. The zero-order valence-corrected chi connectivity index (χ0v) is 14.7. The Hall–Kier alpha value is -1.92. The summed E-state index contributed by atoms with van der Waals surface area (Å²) in [6.07, 6.45) is 4.49. The standard InChI is InChI=1S/C19H28N4O2/c24-18(21-10-13-23-11-1-2-12-23)16-7-5-15(6-8-16)14-22-19(25)17-4-3-9-20-17/h5-8,17,20H,1-4,9-14H2,(H,21,24)(H,22,25)/t17-/m0/s1. The topological polar surface area (TPSA) is 73.5 Å². The second-order valence-electron chi connectivity index (χ2n) is 6.87. The first kappa shape index (κ1) is 17.9. The van der Waals surface area contributed by atoms with Gasteiger partial charge in [-0.1, -0.05) is 12.1 Å². The Morgan fingerprint density at radius 2 is 1.84 bits per heavy atom. The summed E-state index contributed by atoms with van der Waals surface area (Å²) in [5, 5.41) is 9.11. The number of nitrogens with one attached hydrogen (secondary N) is 3. The number of nitrogens with zero attached hydrogens (tertiary/aromatic N) is 1. The van der Waals surface area contributed by atoms with E-state index in [9.17, 15) is 9.59 Å². The lowest BCUT2D eigenvalue weighted by molar-refractivity contribution is -0.122. The van der Waals surface area contributed by atoms with E-state index in [-0.39, 0.29) is 17.9 Å². The van der Waals surface area contributed by atoms with Gasteiger partial charge < -0.3 is 20.9 Å². The SMILES string of the molecule is O=C(NCCN1CCCC1)c1ccc(CNC(=O)[C@@H]2CCCN2)cc1. The minimum Gasteiger partial charge on any atom is -0.351 e.